The first kappa shape index (κ1) is 16.6. The molecule has 4 nitrogen and oxygen atoms in total. The molecule has 2 atom stereocenters. The van der Waals surface area contributed by atoms with Crippen LogP contribution in [-0.4, -0.2) is 36.4 Å². The first-order chi connectivity index (χ1) is 8.02. The van der Waals surface area contributed by atoms with Crippen molar-refractivity contribution in [3.8, 4) is 0 Å². The van der Waals surface area contributed by atoms with Gasteiger partial charge in [-0.15, -0.1) is 0 Å². The topological polar surface area (TPSA) is 58.2 Å². The van der Waals surface area contributed by atoms with Gasteiger partial charge < -0.3 is 10.6 Å². The maximum absolute atomic E-state index is 11.4. The van der Waals surface area contributed by atoms with E-state index < -0.39 is 0 Å². The molecule has 0 aliphatic carbocycles. The number of carbonyl (C=O) groups is 2. The van der Waals surface area contributed by atoms with Crippen LogP contribution in [0.1, 0.15) is 20.3 Å². The highest BCUT2D eigenvalue weighted by Crippen LogP contribution is 1.97. The number of carbonyl (C=O) groups excluding carboxylic acids is 2. The largest absolute Gasteiger partial charge is 0.356 e. The van der Waals surface area contributed by atoms with Crippen LogP contribution in [0.4, 0.5) is 0 Å². The highest BCUT2D eigenvalue weighted by atomic mass is 32.1. The Balaban J connectivity index is 3.53. The van der Waals surface area contributed by atoms with E-state index >= 15 is 0 Å². The first-order valence-electron chi connectivity index (χ1n) is 5.80. The highest BCUT2D eigenvalue weighted by Gasteiger charge is 2.11. The van der Waals surface area contributed by atoms with Crippen molar-refractivity contribution in [3.05, 3.63) is 0 Å². The maximum atomic E-state index is 11.4. The molecule has 0 rings (SSSR count). The molecule has 0 saturated carbocycles. The van der Waals surface area contributed by atoms with Gasteiger partial charge in [-0.05, 0) is 6.42 Å². The Labute approximate surface area is 114 Å². The Morgan fingerprint density at radius 2 is 1.29 bits per heavy atom. The summed E-state index contributed by atoms with van der Waals surface area (Å²) in [5, 5.41) is 5.59. The minimum Gasteiger partial charge on any atom is -0.356 e. The molecular weight excluding hydrogens is 256 g/mol. The minimum absolute atomic E-state index is 0.00931. The molecule has 2 amide bonds. The van der Waals surface area contributed by atoms with Gasteiger partial charge in [-0.3, -0.25) is 9.59 Å². The fourth-order valence-corrected chi connectivity index (χ4v) is 1.36. The van der Waals surface area contributed by atoms with Crippen LogP contribution >= 0.6 is 25.3 Å². The van der Waals surface area contributed by atoms with E-state index in [9.17, 15) is 9.59 Å². The van der Waals surface area contributed by atoms with Crippen molar-refractivity contribution in [1.82, 2.24) is 10.6 Å². The second kappa shape index (κ2) is 9.65. The average molecular weight is 278 g/mol. The van der Waals surface area contributed by atoms with Gasteiger partial charge in [0.05, 0.1) is 0 Å². The van der Waals surface area contributed by atoms with E-state index in [1.807, 2.05) is 13.8 Å². The molecule has 0 aliphatic heterocycles. The third-order valence-electron chi connectivity index (χ3n) is 2.39. The van der Waals surface area contributed by atoms with E-state index in [4.69, 9.17) is 0 Å². The molecule has 0 spiro atoms. The van der Waals surface area contributed by atoms with E-state index in [0.29, 0.717) is 24.6 Å². The van der Waals surface area contributed by atoms with Gasteiger partial charge in [0.25, 0.3) is 0 Å². The van der Waals surface area contributed by atoms with Gasteiger partial charge in [0.1, 0.15) is 0 Å². The van der Waals surface area contributed by atoms with Crippen molar-refractivity contribution in [2.75, 3.05) is 24.6 Å². The molecule has 0 aliphatic rings. The predicted octanol–water partition coefficient (Wildman–Crippen LogP) is 0.741. The third-order valence-corrected chi connectivity index (χ3v) is 3.49. The lowest BCUT2D eigenvalue weighted by molar-refractivity contribution is -0.124. The summed E-state index contributed by atoms with van der Waals surface area (Å²) < 4.78 is 0. The lowest BCUT2D eigenvalue weighted by Crippen LogP contribution is -2.35. The molecule has 0 saturated heterocycles. The second-order valence-electron chi connectivity index (χ2n) is 4.10. The Kier molecular flexibility index (Phi) is 9.44. The zero-order valence-electron chi connectivity index (χ0n) is 10.4. The molecule has 2 N–H and O–H groups in total. The van der Waals surface area contributed by atoms with Gasteiger partial charge in [0, 0.05) is 36.4 Å². The molecule has 0 aromatic carbocycles. The SMILES string of the molecule is CC(CS)C(=O)NCCCNC(=O)C(C)CS. The van der Waals surface area contributed by atoms with Gasteiger partial charge in [-0.1, -0.05) is 13.8 Å². The van der Waals surface area contributed by atoms with Crippen LogP contribution in [0.2, 0.25) is 0 Å². The molecule has 0 heterocycles. The summed E-state index contributed by atoms with van der Waals surface area (Å²) in [6, 6.07) is 0. The molecular formula is C11H22N2O2S2. The summed E-state index contributed by atoms with van der Waals surface area (Å²) in [4.78, 5) is 22.7. The van der Waals surface area contributed by atoms with Crippen molar-refractivity contribution in [2.45, 2.75) is 20.3 Å². The molecule has 2 unspecified atom stereocenters. The number of amides is 2. The lowest BCUT2D eigenvalue weighted by Gasteiger charge is -2.11. The zero-order valence-corrected chi connectivity index (χ0v) is 12.2. The molecule has 0 radical (unpaired) electrons. The smallest absolute Gasteiger partial charge is 0.223 e. The number of nitrogens with one attached hydrogen (secondary N) is 2. The van der Waals surface area contributed by atoms with Gasteiger partial charge in [-0.2, -0.15) is 25.3 Å². The summed E-state index contributed by atoms with van der Waals surface area (Å²) in [7, 11) is 0. The average Bonchev–Trinajstić information content (AvgIpc) is 2.35. The van der Waals surface area contributed by atoms with E-state index in [1.54, 1.807) is 0 Å². The second-order valence-corrected chi connectivity index (χ2v) is 4.83. The van der Waals surface area contributed by atoms with Crippen LogP contribution in [-0.2, 0) is 9.59 Å². The van der Waals surface area contributed by atoms with Crippen molar-refractivity contribution < 1.29 is 9.59 Å². The van der Waals surface area contributed by atoms with Crippen LogP contribution in [0.5, 0.6) is 0 Å². The van der Waals surface area contributed by atoms with Crippen LogP contribution in [0.15, 0.2) is 0 Å². The van der Waals surface area contributed by atoms with Crippen LogP contribution in [0.3, 0.4) is 0 Å². The van der Waals surface area contributed by atoms with Crippen LogP contribution in [0.25, 0.3) is 0 Å². The first-order valence-corrected chi connectivity index (χ1v) is 7.06. The van der Waals surface area contributed by atoms with Gasteiger partial charge in [-0.25, -0.2) is 0 Å². The summed E-state index contributed by atoms with van der Waals surface area (Å²) in [6.07, 6.45) is 0.732. The van der Waals surface area contributed by atoms with E-state index in [-0.39, 0.29) is 23.7 Å². The number of thiol groups is 2. The molecule has 17 heavy (non-hydrogen) atoms. The lowest BCUT2D eigenvalue weighted by atomic mass is 10.2. The molecule has 100 valence electrons. The van der Waals surface area contributed by atoms with E-state index in [1.165, 1.54) is 0 Å². The summed E-state index contributed by atoms with van der Waals surface area (Å²) in [5.74, 6) is 0.962. The summed E-state index contributed by atoms with van der Waals surface area (Å²) >= 11 is 8.11. The summed E-state index contributed by atoms with van der Waals surface area (Å²) in [6.45, 7) is 4.82. The monoisotopic (exact) mass is 278 g/mol. The van der Waals surface area contributed by atoms with E-state index in [2.05, 4.69) is 35.9 Å². The standard InChI is InChI=1S/C11H22N2O2S2/c1-8(6-16)10(14)12-4-3-5-13-11(15)9(2)7-17/h8-9,16-17H,3-7H2,1-2H3,(H,12,14)(H,13,15). The van der Waals surface area contributed by atoms with Crippen LogP contribution < -0.4 is 10.6 Å². The molecule has 0 fully saturated rings. The fourth-order valence-electron chi connectivity index (χ4n) is 1.03. The van der Waals surface area contributed by atoms with E-state index in [0.717, 1.165) is 6.42 Å². The van der Waals surface area contributed by atoms with Crippen molar-refractivity contribution >= 4 is 37.1 Å². The van der Waals surface area contributed by atoms with Crippen LogP contribution in [0, 0.1) is 11.8 Å². The van der Waals surface area contributed by atoms with Crippen molar-refractivity contribution in [2.24, 2.45) is 11.8 Å². The molecule has 0 bridgehead atoms. The Bertz CT molecular complexity index is 226. The maximum Gasteiger partial charge on any atom is 0.223 e. The molecule has 0 aromatic heterocycles. The summed E-state index contributed by atoms with van der Waals surface area (Å²) in [5.41, 5.74) is 0. The quantitative estimate of drug-likeness (QED) is 0.391. The molecule has 6 heteroatoms. The van der Waals surface area contributed by atoms with Gasteiger partial charge in [0.2, 0.25) is 11.8 Å². The Morgan fingerprint density at radius 3 is 1.59 bits per heavy atom. The van der Waals surface area contributed by atoms with Crippen molar-refractivity contribution in [1.29, 1.82) is 0 Å². The van der Waals surface area contributed by atoms with Gasteiger partial charge in [0.15, 0.2) is 0 Å². The van der Waals surface area contributed by atoms with Crippen molar-refractivity contribution in [3.63, 3.8) is 0 Å². The molecule has 0 aromatic rings. The zero-order chi connectivity index (χ0) is 13.3. The highest BCUT2D eigenvalue weighted by molar-refractivity contribution is 7.80. The fraction of sp³-hybridized carbons (Fsp3) is 0.818. The third kappa shape index (κ3) is 7.54. The number of hydrogen-bond acceptors (Lipinski definition) is 4. The predicted molar refractivity (Wildman–Crippen MR) is 76.7 cm³/mol. The number of hydrogen-bond donors (Lipinski definition) is 4. The Hall–Kier alpha value is -0.360. The Morgan fingerprint density at radius 1 is 0.941 bits per heavy atom. The number of rotatable bonds is 8. The van der Waals surface area contributed by atoms with Gasteiger partial charge >= 0.3 is 0 Å². The normalized spacial score (nSPS) is 13.9. The minimum atomic E-state index is -0.0721.